The van der Waals surface area contributed by atoms with Gasteiger partial charge < -0.3 is 0 Å². The largest absolute Gasteiger partial charge is 0.275 e. The molecule has 1 aliphatic heterocycles. The molecule has 0 fully saturated rings. The van der Waals surface area contributed by atoms with Crippen molar-refractivity contribution in [2.75, 3.05) is 0 Å². The maximum atomic E-state index is 12.2. The minimum absolute atomic E-state index is 0.0482. The Kier molecular flexibility index (Phi) is 3.85. The van der Waals surface area contributed by atoms with Crippen LogP contribution in [0.4, 0.5) is 0 Å². The molecule has 1 aromatic rings. The van der Waals surface area contributed by atoms with Crippen molar-refractivity contribution in [1.82, 2.24) is 9.99 Å². The summed E-state index contributed by atoms with van der Waals surface area (Å²) in [5.74, 6) is -0.0482. The van der Waals surface area contributed by atoms with Crippen LogP contribution in [-0.4, -0.2) is 28.2 Å². The molecule has 1 aliphatic rings. The molecule has 0 aliphatic carbocycles. The van der Waals surface area contributed by atoms with Crippen LogP contribution >= 0.6 is 0 Å². The van der Waals surface area contributed by atoms with E-state index in [0.717, 1.165) is 25.7 Å². The zero-order chi connectivity index (χ0) is 12.1. The van der Waals surface area contributed by atoms with Gasteiger partial charge in [-0.1, -0.05) is 19.8 Å². The average Bonchev–Trinajstić information content (AvgIpc) is 2.84. The smallest absolute Gasteiger partial charge is 0.267 e. The number of hydrogen-bond donors (Lipinski definition) is 0. The molecule has 2 rings (SSSR count). The monoisotopic (exact) mass is 231 g/mol. The molecule has 17 heavy (non-hydrogen) atoms. The molecule has 1 unspecified atom stereocenters. The molecular formula is C13H17N3O. The number of unbranched alkanes of at least 4 members (excludes halogenated alkanes) is 1. The number of carbonyl (C=O) groups excluding carboxylic acids is 1. The topological polar surface area (TPSA) is 45.6 Å². The van der Waals surface area contributed by atoms with Crippen LogP contribution in [0, 0.1) is 0 Å². The number of nitrogens with zero attached hydrogens (tertiary/aromatic N) is 3. The maximum absolute atomic E-state index is 12.2. The third-order valence-electron chi connectivity index (χ3n) is 2.94. The summed E-state index contributed by atoms with van der Waals surface area (Å²) < 4.78 is 0. The third kappa shape index (κ3) is 2.70. The molecule has 0 saturated heterocycles. The molecule has 0 radical (unpaired) electrons. The molecule has 0 saturated carbocycles. The SMILES string of the molecule is CCCCC1CC=NN1C(=O)c1cccnc1. The Morgan fingerprint density at radius 2 is 2.47 bits per heavy atom. The van der Waals surface area contributed by atoms with Gasteiger partial charge in [0, 0.05) is 25.0 Å². The molecule has 0 bridgehead atoms. The van der Waals surface area contributed by atoms with Gasteiger partial charge in [-0.25, -0.2) is 5.01 Å². The number of amides is 1. The summed E-state index contributed by atoms with van der Waals surface area (Å²) in [5, 5.41) is 5.78. The molecule has 4 nitrogen and oxygen atoms in total. The summed E-state index contributed by atoms with van der Waals surface area (Å²) in [4.78, 5) is 16.2. The molecule has 2 heterocycles. The Bertz CT molecular complexity index is 402. The van der Waals surface area contributed by atoms with Crippen LogP contribution in [0.1, 0.15) is 43.0 Å². The number of hydrogen-bond acceptors (Lipinski definition) is 3. The van der Waals surface area contributed by atoms with Gasteiger partial charge in [0.25, 0.3) is 5.91 Å². The lowest BCUT2D eigenvalue weighted by atomic mass is 10.1. The first-order valence-corrected chi connectivity index (χ1v) is 6.09. The minimum Gasteiger partial charge on any atom is -0.267 e. The van der Waals surface area contributed by atoms with Gasteiger partial charge in [0.05, 0.1) is 11.6 Å². The number of aromatic nitrogens is 1. The number of pyridine rings is 1. The van der Waals surface area contributed by atoms with Crippen molar-refractivity contribution in [3.63, 3.8) is 0 Å². The number of hydrazone groups is 1. The Labute approximate surface area is 101 Å². The predicted molar refractivity (Wildman–Crippen MR) is 66.8 cm³/mol. The first-order chi connectivity index (χ1) is 8.33. The van der Waals surface area contributed by atoms with Crippen LogP contribution in [0.15, 0.2) is 29.6 Å². The molecule has 1 atom stereocenters. The zero-order valence-corrected chi connectivity index (χ0v) is 10.0. The van der Waals surface area contributed by atoms with Crippen molar-refractivity contribution < 1.29 is 4.79 Å². The minimum atomic E-state index is -0.0482. The fourth-order valence-electron chi connectivity index (χ4n) is 1.97. The van der Waals surface area contributed by atoms with E-state index in [4.69, 9.17) is 0 Å². The third-order valence-corrected chi connectivity index (χ3v) is 2.94. The van der Waals surface area contributed by atoms with E-state index in [2.05, 4.69) is 17.0 Å². The molecular weight excluding hydrogens is 214 g/mol. The summed E-state index contributed by atoms with van der Waals surface area (Å²) >= 11 is 0. The zero-order valence-electron chi connectivity index (χ0n) is 10.0. The first kappa shape index (κ1) is 11.8. The van der Waals surface area contributed by atoms with Crippen molar-refractivity contribution in [1.29, 1.82) is 0 Å². The fourth-order valence-corrected chi connectivity index (χ4v) is 1.97. The lowest BCUT2D eigenvalue weighted by Gasteiger charge is -2.21. The van der Waals surface area contributed by atoms with E-state index in [1.165, 1.54) is 0 Å². The quantitative estimate of drug-likeness (QED) is 0.799. The van der Waals surface area contributed by atoms with E-state index >= 15 is 0 Å². The highest BCUT2D eigenvalue weighted by Crippen LogP contribution is 2.19. The second-order valence-corrected chi connectivity index (χ2v) is 4.22. The van der Waals surface area contributed by atoms with Crippen molar-refractivity contribution in [3.8, 4) is 0 Å². The van der Waals surface area contributed by atoms with E-state index in [0.29, 0.717) is 5.56 Å². The molecule has 0 spiro atoms. The second kappa shape index (κ2) is 5.57. The van der Waals surface area contributed by atoms with Gasteiger partial charge in [-0.2, -0.15) is 5.10 Å². The van der Waals surface area contributed by atoms with Gasteiger partial charge in [0.1, 0.15) is 0 Å². The number of rotatable bonds is 4. The van der Waals surface area contributed by atoms with Crippen LogP contribution in [0.25, 0.3) is 0 Å². The molecule has 1 amide bonds. The molecule has 4 heteroatoms. The Balaban J connectivity index is 2.06. The van der Waals surface area contributed by atoms with Crippen LogP contribution < -0.4 is 0 Å². The molecule has 1 aromatic heterocycles. The van der Waals surface area contributed by atoms with E-state index in [-0.39, 0.29) is 11.9 Å². The molecule has 0 aromatic carbocycles. The lowest BCUT2D eigenvalue weighted by molar-refractivity contribution is 0.0703. The van der Waals surface area contributed by atoms with E-state index in [1.807, 2.05) is 6.21 Å². The Morgan fingerprint density at radius 1 is 1.59 bits per heavy atom. The van der Waals surface area contributed by atoms with Crippen LogP contribution in [0.5, 0.6) is 0 Å². The van der Waals surface area contributed by atoms with Gasteiger partial charge in [0.2, 0.25) is 0 Å². The highest BCUT2D eigenvalue weighted by Gasteiger charge is 2.26. The first-order valence-electron chi connectivity index (χ1n) is 6.09. The molecule has 0 N–H and O–H groups in total. The predicted octanol–water partition coefficient (Wildman–Crippen LogP) is 2.47. The standard InChI is InChI=1S/C13H17N3O/c1-2-3-6-12-7-9-15-16(12)13(17)11-5-4-8-14-10-11/h4-5,8-10,12H,2-3,6-7H2,1H3. The van der Waals surface area contributed by atoms with Gasteiger partial charge in [-0.3, -0.25) is 9.78 Å². The highest BCUT2D eigenvalue weighted by molar-refractivity contribution is 5.95. The Hall–Kier alpha value is -1.71. The van der Waals surface area contributed by atoms with Crippen molar-refractivity contribution >= 4 is 12.1 Å². The van der Waals surface area contributed by atoms with Gasteiger partial charge in [0.15, 0.2) is 0 Å². The van der Waals surface area contributed by atoms with Gasteiger partial charge >= 0.3 is 0 Å². The Morgan fingerprint density at radius 3 is 3.18 bits per heavy atom. The maximum Gasteiger partial charge on any atom is 0.275 e. The summed E-state index contributed by atoms with van der Waals surface area (Å²) in [6.45, 7) is 2.16. The summed E-state index contributed by atoms with van der Waals surface area (Å²) in [6, 6.07) is 3.77. The van der Waals surface area contributed by atoms with Crippen molar-refractivity contribution in [2.24, 2.45) is 5.10 Å². The van der Waals surface area contributed by atoms with E-state index in [1.54, 1.807) is 29.5 Å². The van der Waals surface area contributed by atoms with Gasteiger partial charge in [-0.05, 0) is 18.6 Å². The van der Waals surface area contributed by atoms with Crippen molar-refractivity contribution in [3.05, 3.63) is 30.1 Å². The lowest BCUT2D eigenvalue weighted by Crippen LogP contribution is -2.32. The van der Waals surface area contributed by atoms with Crippen LogP contribution in [0.2, 0.25) is 0 Å². The number of carbonyl (C=O) groups is 1. The summed E-state index contributed by atoms with van der Waals surface area (Å²) in [7, 11) is 0. The highest BCUT2D eigenvalue weighted by atomic mass is 16.2. The van der Waals surface area contributed by atoms with Crippen molar-refractivity contribution in [2.45, 2.75) is 38.6 Å². The van der Waals surface area contributed by atoms with Crippen LogP contribution in [-0.2, 0) is 0 Å². The normalized spacial score (nSPS) is 18.6. The van der Waals surface area contributed by atoms with E-state index < -0.39 is 0 Å². The second-order valence-electron chi connectivity index (χ2n) is 4.22. The van der Waals surface area contributed by atoms with Gasteiger partial charge in [-0.15, -0.1) is 0 Å². The van der Waals surface area contributed by atoms with E-state index in [9.17, 15) is 4.79 Å². The van der Waals surface area contributed by atoms with Crippen LogP contribution in [0.3, 0.4) is 0 Å². The summed E-state index contributed by atoms with van der Waals surface area (Å²) in [6.07, 6.45) is 9.24. The summed E-state index contributed by atoms with van der Waals surface area (Å²) in [5.41, 5.74) is 0.605. The fraction of sp³-hybridized carbons (Fsp3) is 0.462. The average molecular weight is 231 g/mol. The molecule has 90 valence electrons.